The van der Waals surface area contributed by atoms with E-state index in [0.717, 1.165) is 17.1 Å². The maximum atomic E-state index is 2.47. The number of para-hydroxylation sites is 1. The summed E-state index contributed by atoms with van der Waals surface area (Å²) in [5, 5.41) is 2.53. The molecule has 2 heteroatoms. The fraction of sp³-hybridized carbons (Fsp3) is 0.143. The minimum absolute atomic E-state index is 0.0355. The van der Waals surface area contributed by atoms with E-state index in [4.69, 9.17) is 0 Å². The van der Waals surface area contributed by atoms with Gasteiger partial charge >= 0.3 is 0 Å². The van der Waals surface area contributed by atoms with Gasteiger partial charge in [0.25, 0.3) is 0 Å². The Kier molecular flexibility index (Phi) is 7.80. The van der Waals surface area contributed by atoms with Crippen molar-refractivity contribution in [2.75, 3.05) is 4.90 Å². The summed E-state index contributed by atoms with van der Waals surface area (Å²) in [4.78, 5) is 2.47. The first-order valence-corrected chi connectivity index (χ1v) is 23.2. The fourth-order valence-electron chi connectivity index (χ4n) is 12.2. The minimum atomic E-state index is -0.110. The topological polar surface area (TPSA) is 8.17 Å². The molecule has 312 valence electrons. The lowest BCUT2D eigenvalue weighted by molar-refractivity contribution is 0.660. The summed E-state index contributed by atoms with van der Waals surface area (Å²) in [7, 11) is 0. The van der Waals surface area contributed by atoms with E-state index < -0.39 is 0 Å². The smallest absolute Gasteiger partial charge is 0.0547 e. The van der Waals surface area contributed by atoms with Gasteiger partial charge in [-0.15, -0.1) is 0 Å². The van der Waals surface area contributed by atoms with Gasteiger partial charge in [0.05, 0.1) is 11.0 Å². The molecule has 0 amide bonds. The van der Waals surface area contributed by atoms with Gasteiger partial charge in [-0.3, -0.25) is 0 Å². The summed E-state index contributed by atoms with van der Waals surface area (Å²) in [5.41, 5.74) is 25.5. The summed E-state index contributed by atoms with van der Waals surface area (Å²) in [6, 6.07) is 73.2. The quantitative estimate of drug-likeness (QED) is 0.168. The number of aromatic nitrogens is 1. The highest BCUT2D eigenvalue weighted by Gasteiger charge is 2.38. The van der Waals surface area contributed by atoms with Crippen molar-refractivity contribution < 1.29 is 0 Å². The first-order valence-electron chi connectivity index (χ1n) is 23.2. The molecule has 0 unspecified atom stereocenters. The lowest BCUT2D eigenvalue weighted by atomic mass is 9.82. The average Bonchev–Trinajstić information content (AvgIpc) is 3.95. The van der Waals surface area contributed by atoms with Crippen molar-refractivity contribution in [2.45, 2.75) is 57.8 Å². The van der Waals surface area contributed by atoms with E-state index in [1.54, 1.807) is 0 Å². The molecule has 0 atom stereocenters. The van der Waals surface area contributed by atoms with Crippen LogP contribution in [0.1, 0.15) is 74.9 Å². The highest BCUT2D eigenvalue weighted by Crippen LogP contribution is 2.54. The molecule has 10 aromatic rings. The second kappa shape index (κ2) is 13.3. The summed E-state index contributed by atoms with van der Waals surface area (Å²) < 4.78 is 2.47. The summed E-state index contributed by atoms with van der Waals surface area (Å²) in [5.74, 6) is 0. The van der Waals surface area contributed by atoms with Crippen molar-refractivity contribution in [3.63, 3.8) is 0 Å². The Balaban J connectivity index is 0.939. The van der Waals surface area contributed by atoms with E-state index in [2.05, 4.69) is 245 Å². The van der Waals surface area contributed by atoms with Gasteiger partial charge in [-0.25, -0.2) is 0 Å². The molecule has 3 aliphatic rings. The van der Waals surface area contributed by atoms with Gasteiger partial charge in [0.15, 0.2) is 0 Å². The van der Waals surface area contributed by atoms with Gasteiger partial charge in [0.2, 0.25) is 0 Å². The number of hydrogen-bond donors (Lipinski definition) is 0. The number of benzene rings is 9. The van der Waals surface area contributed by atoms with Crippen LogP contribution in [-0.4, -0.2) is 4.57 Å². The molecule has 0 radical (unpaired) electrons. The number of rotatable bonds is 5. The Bertz CT molecular complexity index is 3520. The van der Waals surface area contributed by atoms with Crippen LogP contribution < -0.4 is 4.90 Å². The van der Waals surface area contributed by atoms with Crippen LogP contribution >= 0.6 is 0 Å². The molecule has 0 aliphatic heterocycles. The van der Waals surface area contributed by atoms with Crippen molar-refractivity contribution >= 4 is 38.9 Å². The highest BCUT2D eigenvalue weighted by atomic mass is 15.1. The fourth-order valence-corrected chi connectivity index (χ4v) is 12.2. The normalized spacial score (nSPS) is 15.3. The molecule has 0 saturated carbocycles. The SMILES string of the molecule is CC1(C)c2ccccc2-c2cc(-n3c4ccccc4c4ccc(-c5ccc(N(c6ccc7c(c6)C(C)(C)c6ccccc6-7)c6ccc7c(c6)C(C)(C)c6ccccc6-7)cc5)cc43)ccc21. The van der Waals surface area contributed by atoms with Crippen LogP contribution in [0.3, 0.4) is 0 Å². The molecule has 9 aromatic carbocycles. The maximum absolute atomic E-state index is 2.47. The van der Waals surface area contributed by atoms with Gasteiger partial charge in [-0.2, -0.15) is 0 Å². The third-order valence-corrected chi connectivity index (χ3v) is 15.6. The number of fused-ring (bicyclic) bond motifs is 12. The lowest BCUT2D eigenvalue weighted by Gasteiger charge is -2.30. The molecular weight excluding hydrogens is 785 g/mol. The lowest BCUT2D eigenvalue weighted by Crippen LogP contribution is -2.18. The Morgan fingerprint density at radius 2 is 0.754 bits per heavy atom. The molecule has 0 saturated heterocycles. The average molecular weight is 835 g/mol. The third-order valence-electron chi connectivity index (χ3n) is 15.6. The van der Waals surface area contributed by atoms with Crippen LogP contribution in [0.2, 0.25) is 0 Å². The number of anilines is 3. The number of hydrogen-bond acceptors (Lipinski definition) is 1. The largest absolute Gasteiger partial charge is 0.310 e. The van der Waals surface area contributed by atoms with E-state index in [1.807, 2.05) is 0 Å². The molecular formula is C63H50N2. The number of nitrogens with zero attached hydrogens (tertiary/aromatic N) is 2. The molecule has 1 heterocycles. The predicted molar refractivity (Wildman–Crippen MR) is 274 cm³/mol. The van der Waals surface area contributed by atoms with Crippen molar-refractivity contribution in [3.05, 3.63) is 228 Å². The second-order valence-corrected chi connectivity index (χ2v) is 20.2. The van der Waals surface area contributed by atoms with Gasteiger partial charge in [0, 0.05) is 49.8 Å². The first kappa shape index (κ1) is 38.1. The standard InChI is InChI=1S/C63H50N2/c1-61(2)55-21-13-9-17-47(55)52-36-42(30-34-56(52)61)65-59-22-14-10-18-50(59)51-31-25-40(35-60(51)65)39-23-26-41(27-24-39)64(43-28-32-48-45-15-7-11-19-53(45)62(3,4)57(48)37-43)44-29-33-49-46-16-8-12-20-54(46)63(5,6)58(49)38-44/h7-38H,1-6H3. The Labute approximate surface area is 382 Å². The molecule has 13 rings (SSSR count). The van der Waals surface area contributed by atoms with Crippen LogP contribution in [0.5, 0.6) is 0 Å². The van der Waals surface area contributed by atoms with Crippen molar-refractivity contribution in [1.82, 2.24) is 4.57 Å². The van der Waals surface area contributed by atoms with Gasteiger partial charge < -0.3 is 9.47 Å². The van der Waals surface area contributed by atoms with Gasteiger partial charge in [-0.05, 0) is 139 Å². The van der Waals surface area contributed by atoms with E-state index in [0.29, 0.717) is 0 Å². The first-order chi connectivity index (χ1) is 31.5. The Hall–Kier alpha value is -7.42. The minimum Gasteiger partial charge on any atom is -0.310 e. The third kappa shape index (κ3) is 5.29. The van der Waals surface area contributed by atoms with Crippen LogP contribution in [0.25, 0.3) is 72.0 Å². The van der Waals surface area contributed by atoms with Crippen LogP contribution in [-0.2, 0) is 16.2 Å². The van der Waals surface area contributed by atoms with E-state index in [9.17, 15) is 0 Å². The Morgan fingerprint density at radius 3 is 1.35 bits per heavy atom. The molecule has 2 nitrogen and oxygen atoms in total. The zero-order valence-corrected chi connectivity index (χ0v) is 37.9. The molecule has 1 aromatic heterocycles. The Morgan fingerprint density at radius 1 is 0.308 bits per heavy atom. The van der Waals surface area contributed by atoms with E-state index >= 15 is 0 Å². The summed E-state index contributed by atoms with van der Waals surface area (Å²) in [6.07, 6.45) is 0. The van der Waals surface area contributed by atoms with Crippen molar-refractivity contribution in [1.29, 1.82) is 0 Å². The van der Waals surface area contributed by atoms with Crippen LogP contribution in [0, 0.1) is 0 Å². The van der Waals surface area contributed by atoms with E-state index in [-0.39, 0.29) is 16.2 Å². The molecule has 0 spiro atoms. The second-order valence-electron chi connectivity index (χ2n) is 20.2. The van der Waals surface area contributed by atoms with Crippen molar-refractivity contribution in [3.8, 4) is 50.2 Å². The van der Waals surface area contributed by atoms with Crippen LogP contribution in [0.15, 0.2) is 194 Å². The van der Waals surface area contributed by atoms with Gasteiger partial charge in [0.1, 0.15) is 0 Å². The summed E-state index contributed by atoms with van der Waals surface area (Å²) in [6.45, 7) is 14.2. The van der Waals surface area contributed by atoms with Gasteiger partial charge in [-0.1, -0.05) is 175 Å². The zero-order valence-electron chi connectivity index (χ0n) is 37.9. The molecule has 0 fully saturated rings. The zero-order chi connectivity index (χ0) is 44.0. The van der Waals surface area contributed by atoms with Crippen molar-refractivity contribution in [2.24, 2.45) is 0 Å². The van der Waals surface area contributed by atoms with E-state index in [1.165, 1.54) is 105 Å². The van der Waals surface area contributed by atoms with Crippen LogP contribution in [0.4, 0.5) is 17.1 Å². The predicted octanol–water partition coefficient (Wildman–Crippen LogP) is 16.8. The monoisotopic (exact) mass is 834 g/mol. The highest BCUT2D eigenvalue weighted by molar-refractivity contribution is 6.10. The summed E-state index contributed by atoms with van der Waals surface area (Å²) >= 11 is 0. The maximum Gasteiger partial charge on any atom is 0.0547 e. The molecule has 65 heavy (non-hydrogen) atoms. The molecule has 0 N–H and O–H groups in total. The molecule has 3 aliphatic carbocycles. The molecule has 0 bridgehead atoms.